The molecule has 0 amide bonds. The number of isocyanates is 1. The number of rotatable bonds is 3. The Morgan fingerprint density at radius 3 is 2.35 bits per heavy atom. The first kappa shape index (κ1) is 11.6. The quantitative estimate of drug-likeness (QED) is 0.605. The van der Waals surface area contributed by atoms with Crippen LogP contribution in [0.2, 0.25) is 0 Å². The fourth-order valence-electron chi connectivity index (χ4n) is 1.33. The van der Waals surface area contributed by atoms with Crippen LogP contribution in [-0.2, 0) is 4.79 Å². The van der Waals surface area contributed by atoms with Gasteiger partial charge in [0.2, 0.25) is 6.08 Å². The summed E-state index contributed by atoms with van der Waals surface area (Å²) in [5, 5.41) is 0. The highest BCUT2D eigenvalue weighted by Crippen LogP contribution is 2.35. The molecule has 4 heteroatoms. The minimum Gasteiger partial charge on any atom is -0.211 e. The van der Waals surface area contributed by atoms with Crippen LogP contribution >= 0.6 is 11.8 Å². The summed E-state index contributed by atoms with van der Waals surface area (Å²) < 4.78 is 13.5. The summed E-state index contributed by atoms with van der Waals surface area (Å²) in [6.45, 7) is 0. The molecule has 0 bridgehead atoms. The summed E-state index contributed by atoms with van der Waals surface area (Å²) >= 11 is 1.23. The van der Waals surface area contributed by atoms with Crippen molar-refractivity contribution in [2.45, 2.75) is 9.79 Å². The molecule has 0 radical (unpaired) electrons. The van der Waals surface area contributed by atoms with E-state index in [0.29, 0.717) is 10.6 Å². The smallest absolute Gasteiger partial charge is 0.211 e. The maximum atomic E-state index is 13.5. The maximum Gasteiger partial charge on any atom is 0.240 e. The van der Waals surface area contributed by atoms with Gasteiger partial charge in [-0.05, 0) is 24.3 Å². The van der Waals surface area contributed by atoms with Gasteiger partial charge in [-0.25, -0.2) is 9.18 Å². The Morgan fingerprint density at radius 2 is 1.65 bits per heavy atom. The van der Waals surface area contributed by atoms with Gasteiger partial charge in [-0.15, -0.1) is 0 Å². The lowest BCUT2D eigenvalue weighted by Gasteiger charge is -2.04. The fourth-order valence-corrected chi connectivity index (χ4v) is 2.24. The molecule has 2 rings (SSSR count). The normalized spacial score (nSPS) is 9.71. The summed E-state index contributed by atoms with van der Waals surface area (Å²) in [5.41, 5.74) is 0.496. The lowest BCUT2D eigenvalue weighted by atomic mass is 10.3. The average molecular weight is 245 g/mol. The Hall–Kier alpha value is -1.90. The molecule has 17 heavy (non-hydrogen) atoms. The first-order chi connectivity index (χ1) is 8.31. The van der Waals surface area contributed by atoms with E-state index >= 15 is 0 Å². The van der Waals surface area contributed by atoms with Crippen LogP contribution in [0.4, 0.5) is 10.1 Å². The van der Waals surface area contributed by atoms with E-state index in [0.717, 1.165) is 4.90 Å². The Labute approximate surface area is 102 Å². The first-order valence-corrected chi connectivity index (χ1v) is 5.72. The molecule has 0 N–H and O–H groups in total. The highest BCUT2D eigenvalue weighted by molar-refractivity contribution is 7.99. The third kappa shape index (κ3) is 2.81. The largest absolute Gasteiger partial charge is 0.240 e. The summed E-state index contributed by atoms with van der Waals surface area (Å²) in [4.78, 5) is 15.1. The van der Waals surface area contributed by atoms with Crippen LogP contribution in [0.25, 0.3) is 0 Å². The van der Waals surface area contributed by atoms with Crippen molar-refractivity contribution >= 4 is 23.5 Å². The molecule has 0 atom stereocenters. The molecule has 84 valence electrons. The van der Waals surface area contributed by atoms with Gasteiger partial charge < -0.3 is 0 Å². The summed E-state index contributed by atoms with van der Waals surface area (Å²) in [5.74, 6) is -0.289. The second-order valence-electron chi connectivity index (χ2n) is 3.20. The van der Waals surface area contributed by atoms with Crippen LogP contribution in [0.15, 0.2) is 63.3 Å². The Kier molecular flexibility index (Phi) is 3.70. The van der Waals surface area contributed by atoms with Gasteiger partial charge in [-0.3, -0.25) is 0 Å². The molecule has 2 nitrogen and oxygen atoms in total. The number of benzene rings is 2. The van der Waals surface area contributed by atoms with Crippen LogP contribution in [0.3, 0.4) is 0 Å². The molecule has 0 aromatic heterocycles. The monoisotopic (exact) mass is 245 g/mol. The van der Waals surface area contributed by atoms with Gasteiger partial charge in [0, 0.05) is 9.79 Å². The van der Waals surface area contributed by atoms with Crippen LogP contribution in [0, 0.1) is 5.82 Å². The first-order valence-electron chi connectivity index (χ1n) is 4.90. The molecule has 0 saturated heterocycles. The molecule has 0 saturated carbocycles. The molecule has 0 unspecified atom stereocenters. The SMILES string of the molecule is O=C=Nc1ccccc1Sc1ccccc1F. The fraction of sp³-hybridized carbons (Fsp3) is 0. The second kappa shape index (κ2) is 5.43. The highest BCUT2D eigenvalue weighted by atomic mass is 32.2. The molecule has 2 aromatic rings. The number of hydrogen-bond acceptors (Lipinski definition) is 3. The van der Waals surface area contributed by atoms with Gasteiger partial charge in [0.1, 0.15) is 5.82 Å². The van der Waals surface area contributed by atoms with E-state index in [2.05, 4.69) is 4.99 Å². The number of carbonyl (C=O) groups excluding carboxylic acids is 1. The van der Waals surface area contributed by atoms with Crippen molar-refractivity contribution in [2.24, 2.45) is 4.99 Å². The van der Waals surface area contributed by atoms with E-state index in [4.69, 9.17) is 0 Å². The van der Waals surface area contributed by atoms with Crippen LogP contribution in [0.1, 0.15) is 0 Å². The van der Waals surface area contributed by atoms with Gasteiger partial charge in [0.15, 0.2) is 0 Å². The van der Waals surface area contributed by atoms with Gasteiger partial charge in [0.05, 0.1) is 5.69 Å². The van der Waals surface area contributed by atoms with Gasteiger partial charge in [-0.2, -0.15) is 4.99 Å². The van der Waals surface area contributed by atoms with Crippen molar-refractivity contribution in [2.75, 3.05) is 0 Å². The predicted molar refractivity (Wildman–Crippen MR) is 64.7 cm³/mol. The van der Waals surface area contributed by atoms with Crippen molar-refractivity contribution in [3.63, 3.8) is 0 Å². The molecule has 0 fully saturated rings. The molecule has 0 aliphatic heterocycles. The average Bonchev–Trinajstić information content (AvgIpc) is 2.35. The molecular formula is C13H8FNOS. The maximum absolute atomic E-state index is 13.5. The Balaban J connectivity index is 2.36. The lowest BCUT2D eigenvalue weighted by molar-refractivity contribution is 0.565. The number of aliphatic imine (C=N–C) groups is 1. The summed E-state index contributed by atoms with van der Waals surface area (Å²) in [6.07, 6.45) is 1.49. The number of hydrogen-bond donors (Lipinski definition) is 0. The van der Waals surface area contributed by atoms with Gasteiger partial charge >= 0.3 is 0 Å². The van der Waals surface area contributed by atoms with Crippen molar-refractivity contribution in [3.05, 3.63) is 54.3 Å². The molecular weight excluding hydrogens is 237 g/mol. The van der Waals surface area contributed by atoms with Crippen LogP contribution < -0.4 is 0 Å². The minimum atomic E-state index is -0.289. The molecule has 0 aliphatic carbocycles. The molecule has 0 heterocycles. The summed E-state index contributed by atoms with van der Waals surface area (Å²) in [7, 11) is 0. The zero-order chi connectivity index (χ0) is 12.1. The Morgan fingerprint density at radius 1 is 1.00 bits per heavy atom. The van der Waals surface area contributed by atoms with E-state index in [1.807, 2.05) is 6.07 Å². The van der Waals surface area contributed by atoms with Gasteiger partial charge in [-0.1, -0.05) is 36.0 Å². The topological polar surface area (TPSA) is 29.4 Å². The van der Waals surface area contributed by atoms with Crippen LogP contribution in [0.5, 0.6) is 0 Å². The van der Waals surface area contributed by atoms with Crippen molar-refractivity contribution in [1.29, 1.82) is 0 Å². The zero-order valence-corrected chi connectivity index (χ0v) is 9.58. The van der Waals surface area contributed by atoms with Crippen molar-refractivity contribution in [1.82, 2.24) is 0 Å². The minimum absolute atomic E-state index is 0.289. The van der Waals surface area contributed by atoms with E-state index in [1.165, 1.54) is 23.9 Å². The lowest BCUT2D eigenvalue weighted by Crippen LogP contribution is -1.80. The van der Waals surface area contributed by atoms with Crippen molar-refractivity contribution < 1.29 is 9.18 Å². The van der Waals surface area contributed by atoms with E-state index in [1.54, 1.807) is 36.4 Å². The molecule has 2 aromatic carbocycles. The van der Waals surface area contributed by atoms with E-state index in [9.17, 15) is 9.18 Å². The van der Waals surface area contributed by atoms with E-state index < -0.39 is 0 Å². The van der Waals surface area contributed by atoms with E-state index in [-0.39, 0.29) is 5.82 Å². The molecule has 0 aliphatic rings. The van der Waals surface area contributed by atoms with Crippen molar-refractivity contribution in [3.8, 4) is 0 Å². The third-order valence-corrected chi connectivity index (χ3v) is 3.20. The zero-order valence-electron chi connectivity index (χ0n) is 8.76. The second-order valence-corrected chi connectivity index (χ2v) is 4.29. The third-order valence-electron chi connectivity index (χ3n) is 2.09. The number of halogens is 1. The molecule has 0 spiro atoms. The standard InChI is InChI=1S/C13H8FNOS/c14-10-5-1-3-7-12(10)17-13-8-4-2-6-11(13)15-9-16/h1-8H. The highest BCUT2D eigenvalue weighted by Gasteiger charge is 2.06. The number of para-hydroxylation sites is 1. The predicted octanol–water partition coefficient (Wildman–Crippen LogP) is 3.94. The summed E-state index contributed by atoms with van der Waals surface area (Å²) in [6, 6.07) is 13.5. The van der Waals surface area contributed by atoms with Gasteiger partial charge in [0.25, 0.3) is 0 Å². The number of nitrogens with zero attached hydrogens (tertiary/aromatic N) is 1. The van der Waals surface area contributed by atoms with Crippen LogP contribution in [-0.4, -0.2) is 6.08 Å². The Bertz CT molecular complexity index is 579.